The summed E-state index contributed by atoms with van der Waals surface area (Å²) in [4.78, 5) is 19.6. The van der Waals surface area contributed by atoms with E-state index in [4.69, 9.17) is 5.10 Å². The minimum Gasteiger partial charge on any atom is -0.368 e. The number of aryl methyl sites for hydroxylation is 4. The van der Waals surface area contributed by atoms with E-state index in [9.17, 15) is 4.79 Å². The number of para-hydroxylation sites is 1. The molecule has 1 saturated heterocycles. The minimum atomic E-state index is 0.127. The lowest BCUT2D eigenvalue weighted by molar-refractivity contribution is 0.0751. The summed E-state index contributed by atoms with van der Waals surface area (Å²) in [5.41, 5.74) is 7.03. The van der Waals surface area contributed by atoms with Gasteiger partial charge in [-0.1, -0.05) is 30.3 Å². The maximum absolute atomic E-state index is 13.3. The van der Waals surface area contributed by atoms with Crippen LogP contribution in [0.25, 0.3) is 15.9 Å². The Morgan fingerprint density at radius 3 is 2.34 bits per heavy atom. The molecule has 0 N–H and O–H groups in total. The van der Waals surface area contributed by atoms with Crippen LogP contribution in [-0.2, 0) is 0 Å². The molecule has 0 atom stereocenters. The van der Waals surface area contributed by atoms with Gasteiger partial charge in [0.25, 0.3) is 5.91 Å². The summed E-state index contributed by atoms with van der Waals surface area (Å²) in [7, 11) is 0. The smallest absolute Gasteiger partial charge is 0.264 e. The molecule has 5 rings (SSSR count). The molecule has 2 aromatic carbocycles. The number of hydrogen-bond acceptors (Lipinski definition) is 4. The van der Waals surface area contributed by atoms with E-state index in [1.54, 1.807) is 11.3 Å². The highest BCUT2D eigenvalue weighted by molar-refractivity contribution is 7.20. The van der Waals surface area contributed by atoms with Crippen molar-refractivity contribution in [2.45, 2.75) is 27.7 Å². The van der Waals surface area contributed by atoms with Crippen molar-refractivity contribution in [1.82, 2.24) is 14.7 Å². The standard InChI is InChI=1S/C26H28N4OS/c1-17-9-10-19(3)23(15-17)28-11-13-29(14-12-28)25(31)24-16-21-20(4)27-30(26(21)32-24)22-8-6-5-7-18(22)2/h5-10,15-16H,11-14H2,1-4H3. The van der Waals surface area contributed by atoms with E-state index < -0.39 is 0 Å². The Hall–Kier alpha value is -3.12. The predicted octanol–water partition coefficient (Wildman–Crippen LogP) is 5.28. The molecule has 0 radical (unpaired) electrons. The molecule has 3 heterocycles. The molecule has 0 unspecified atom stereocenters. The Bertz CT molecular complexity index is 1310. The van der Waals surface area contributed by atoms with Crippen LogP contribution in [0, 0.1) is 27.7 Å². The molecule has 0 saturated carbocycles. The van der Waals surface area contributed by atoms with Crippen LogP contribution in [0.2, 0.25) is 0 Å². The number of aromatic nitrogens is 2. The zero-order valence-corrected chi connectivity index (χ0v) is 19.9. The van der Waals surface area contributed by atoms with E-state index in [1.165, 1.54) is 22.4 Å². The van der Waals surface area contributed by atoms with Crippen molar-refractivity contribution in [2.24, 2.45) is 0 Å². The van der Waals surface area contributed by atoms with Gasteiger partial charge in [-0.25, -0.2) is 4.68 Å². The van der Waals surface area contributed by atoms with Gasteiger partial charge in [-0.3, -0.25) is 4.79 Å². The summed E-state index contributed by atoms with van der Waals surface area (Å²) in [6.07, 6.45) is 0. The first-order valence-corrected chi connectivity index (χ1v) is 11.9. The third-order valence-corrected chi connectivity index (χ3v) is 7.47. The minimum absolute atomic E-state index is 0.127. The molecule has 0 spiro atoms. The number of carbonyl (C=O) groups is 1. The van der Waals surface area contributed by atoms with Gasteiger partial charge in [-0.2, -0.15) is 5.10 Å². The predicted molar refractivity (Wildman–Crippen MR) is 132 cm³/mol. The van der Waals surface area contributed by atoms with E-state index >= 15 is 0 Å². The van der Waals surface area contributed by atoms with E-state index in [0.717, 1.165) is 52.7 Å². The van der Waals surface area contributed by atoms with Crippen LogP contribution in [-0.4, -0.2) is 46.8 Å². The number of rotatable bonds is 3. The first kappa shape index (κ1) is 20.8. The number of piperazine rings is 1. The summed E-state index contributed by atoms with van der Waals surface area (Å²) >= 11 is 1.55. The SMILES string of the molecule is Cc1ccc(C)c(N2CCN(C(=O)c3cc4c(C)nn(-c5ccccc5C)c4s3)CC2)c1. The molecule has 0 bridgehead atoms. The van der Waals surface area contributed by atoms with Crippen molar-refractivity contribution in [1.29, 1.82) is 0 Å². The quantitative estimate of drug-likeness (QED) is 0.432. The molecule has 0 aliphatic carbocycles. The average molecular weight is 445 g/mol. The van der Waals surface area contributed by atoms with E-state index in [0.29, 0.717) is 0 Å². The zero-order chi connectivity index (χ0) is 22.4. The maximum Gasteiger partial charge on any atom is 0.264 e. The van der Waals surface area contributed by atoms with Gasteiger partial charge < -0.3 is 9.80 Å². The highest BCUT2D eigenvalue weighted by Gasteiger charge is 2.26. The number of benzene rings is 2. The topological polar surface area (TPSA) is 41.4 Å². The molecule has 1 aliphatic rings. The van der Waals surface area contributed by atoms with Crippen LogP contribution in [0.15, 0.2) is 48.5 Å². The summed E-state index contributed by atoms with van der Waals surface area (Å²) < 4.78 is 1.99. The van der Waals surface area contributed by atoms with Crippen molar-refractivity contribution >= 4 is 33.1 Å². The number of carbonyl (C=O) groups excluding carboxylic acids is 1. The Morgan fingerprint density at radius 1 is 0.875 bits per heavy atom. The Kier molecular flexibility index (Phi) is 5.25. The molecule has 164 valence electrons. The van der Waals surface area contributed by atoms with Crippen LogP contribution >= 0.6 is 11.3 Å². The first-order chi connectivity index (χ1) is 15.4. The Morgan fingerprint density at radius 2 is 1.59 bits per heavy atom. The highest BCUT2D eigenvalue weighted by atomic mass is 32.1. The largest absolute Gasteiger partial charge is 0.368 e. The number of hydrogen-bond donors (Lipinski definition) is 0. The highest BCUT2D eigenvalue weighted by Crippen LogP contribution is 2.32. The maximum atomic E-state index is 13.3. The molecule has 32 heavy (non-hydrogen) atoms. The zero-order valence-electron chi connectivity index (χ0n) is 19.1. The molecule has 6 heteroatoms. The number of anilines is 1. The summed E-state index contributed by atoms with van der Waals surface area (Å²) in [6, 6.07) is 16.8. The second-order valence-electron chi connectivity index (χ2n) is 8.68. The molecule has 2 aromatic heterocycles. The van der Waals surface area contributed by atoms with Crippen LogP contribution < -0.4 is 4.90 Å². The summed E-state index contributed by atoms with van der Waals surface area (Å²) in [5, 5.41) is 5.81. The van der Waals surface area contributed by atoms with Crippen molar-refractivity contribution < 1.29 is 4.79 Å². The first-order valence-electron chi connectivity index (χ1n) is 11.1. The molecular weight excluding hydrogens is 416 g/mol. The Balaban J connectivity index is 1.37. The number of thiophene rings is 1. The van der Waals surface area contributed by atoms with Gasteiger partial charge in [0, 0.05) is 37.3 Å². The van der Waals surface area contributed by atoms with E-state index in [1.807, 2.05) is 34.7 Å². The molecule has 1 aliphatic heterocycles. The second-order valence-corrected chi connectivity index (χ2v) is 9.71. The fourth-order valence-corrected chi connectivity index (χ4v) is 5.63. The van der Waals surface area contributed by atoms with Crippen LogP contribution in [0.3, 0.4) is 0 Å². The third kappa shape index (κ3) is 3.58. The monoisotopic (exact) mass is 444 g/mol. The fraction of sp³-hybridized carbons (Fsp3) is 0.308. The lowest BCUT2D eigenvalue weighted by Crippen LogP contribution is -2.48. The van der Waals surface area contributed by atoms with Crippen molar-refractivity contribution in [3.8, 4) is 5.69 Å². The van der Waals surface area contributed by atoms with Gasteiger partial charge in [-0.05, 0) is 62.6 Å². The van der Waals surface area contributed by atoms with Gasteiger partial charge in [0.1, 0.15) is 4.83 Å². The molecule has 1 amide bonds. The van der Waals surface area contributed by atoms with Crippen molar-refractivity contribution in [3.05, 3.63) is 75.8 Å². The van der Waals surface area contributed by atoms with Crippen LogP contribution in [0.5, 0.6) is 0 Å². The van der Waals surface area contributed by atoms with E-state index in [-0.39, 0.29) is 5.91 Å². The number of amides is 1. The normalized spacial score (nSPS) is 14.4. The van der Waals surface area contributed by atoms with Gasteiger partial charge in [0.2, 0.25) is 0 Å². The van der Waals surface area contributed by atoms with E-state index in [2.05, 4.69) is 56.0 Å². The van der Waals surface area contributed by atoms with Gasteiger partial charge in [0.05, 0.1) is 16.3 Å². The summed E-state index contributed by atoms with van der Waals surface area (Å²) in [5.74, 6) is 0.127. The average Bonchev–Trinajstić information content (AvgIpc) is 3.36. The van der Waals surface area contributed by atoms with Crippen molar-refractivity contribution in [2.75, 3.05) is 31.1 Å². The summed E-state index contributed by atoms with van der Waals surface area (Å²) in [6.45, 7) is 11.6. The molecule has 4 aromatic rings. The molecule has 1 fully saturated rings. The number of nitrogens with zero attached hydrogens (tertiary/aromatic N) is 4. The van der Waals surface area contributed by atoms with Crippen LogP contribution in [0.1, 0.15) is 32.1 Å². The fourth-order valence-electron chi connectivity index (χ4n) is 4.48. The van der Waals surface area contributed by atoms with Gasteiger partial charge in [-0.15, -0.1) is 11.3 Å². The Labute approximate surface area is 192 Å². The van der Waals surface area contributed by atoms with Gasteiger partial charge >= 0.3 is 0 Å². The lowest BCUT2D eigenvalue weighted by Gasteiger charge is -2.36. The van der Waals surface area contributed by atoms with Crippen LogP contribution in [0.4, 0.5) is 5.69 Å². The number of fused-ring (bicyclic) bond motifs is 1. The van der Waals surface area contributed by atoms with Gasteiger partial charge in [0.15, 0.2) is 0 Å². The molecule has 5 nitrogen and oxygen atoms in total. The second kappa shape index (κ2) is 8.10. The lowest BCUT2D eigenvalue weighted by atomic mass is 10.1. The van der Waals surface area contributed by atoms with Crippen molar-refractivity contribution in [3.63, 3.8) is 0 Å². The molecular formula is C26H28N4OS. The third-order valence-electron chi connectivity index (χ3n) is 6.37.